The predicted molar refractivity (Wildman–Crippen MR) is 137 cm³/mol. The Bertz CT molecular complexity index is 1090. The Balaban J connectivity index is 1.30. The average molecular weight is 476 g/mol. The molecule has 0 saturated carbocycles. The third-order valence-corrected chi connectivity index (χ3v) is 7.95. The number of piperidine rings is 1. The fourth-order valence-corrected chi connectivity index (χ4v) is 6.08. The molecule has 0 radical (unpaired) electrons. The second-order valence-corrected chi connectivity index (χ2v) is 11.3. The van der Waals surface area contributed by atoms with E-state index in [4.69, 9.17) is 4.74 Å². The van der Waals surface area contributed by atoms with Gasteiger partial charge in [0.1, 0.15) is 6.61 Å². The zero-order chi connectivity index (χ0) is 24.7. The number of piperazine rings is 1. The van der Waals surface area contributed by atoms with Gasteiger partial charge in [-0.05, 0) is 47.1 Å². The Hall–Kier alpha value is -3.02. The van der Waals surface area contributed by atoms with Crippen LogP contribution < -0.4 is 4.90 Å². The largest absolute Gasteiger partial charge is 0.445 e. The lowest BCUT2D eigenvalue weighted by Crippen LogP contribution is -2.51. The van der Waals surface area contributed by atoms with Crippen LogP contribution in [-0.4, -0.2) is 54.5 Å². The Morgan fingerprint density at radius 2 is 1.66 bits per heavy atom. The van der Waals surface area contributed by atoms with Gasteiger partial charge < -0.3 is 19.4 Å². The fourth-order valence-electron chi connectivity index (χ4n) is 6.08. The Morgan fingerprint density at radius 1 is 0.943 bits per heavy atom. The molecule has 6 nitrogen and oxygen atoms in total. The van der Waals surface area contributed by atoms with Crippen molar-refractivity contribution in [1.29, 1.82) is 0 Å². The number of benzene rings is 2. The van der Waals surface area contributed by atoms with Crippen LogP contribution in [0.1, 0.15) is 62.8 Å². The topological polar surface area (TPSA) is 53.1 Å². The van der Waals surface area contributed by atoms with Crippen LogP contribution in [0.4, 0.5) is 10.5 Å². The number of carbonyl (C=O) groups is 2. The van der Waals surface area contributed by atoms with Crippen molar-refractivity contribution in [2.75, 3.05) is 37.6 Å². The third-order valence-electron chi connectivity index (χ3n) is 7.95. The summed E-state index contributed by atoms with van der Waals surface area (Å²) in [6, 6.07) is 16.7. The molecule has 2 unspecified atom stereocenters. The zero-order valence-corrected chi connectivity index (χ0v) is 21.4. The summed E-state index contributed by atoms with van der Waals surface area (Å²) in [6.07, 6.45) is 0.745. The van der Waals surface area contributed by atoms with Gasteiger partial charge in [0.25, 0.3) is 0 Å². The summed E-state index contributed by atoms with van der Waals surface area (Å²) in [5, 5.41) is 0. The quantitative estimate of drug-likeness (QED) is 0.612. The van der Waals surface area contributed by atoms with Gasteiger partial charge in [-0.15, -0.1) is 0 Å². The first kappa shape index (κ1) is 23.7. The first-order chi connectivity index (χ1) is 16.7. The van der Waals surface area contributed by atoms with Gasteiger partial charge in [-0.2, -0.15) is 0 Å². The van der Waals surface area contributed by atoms with Crippen molar-refractivity contribution in [3.63, 3.8) is 0 Å². The highest BCUT2D eigenvalue weighted by Gasteiger charge is 2.47. The molecule has 2 aliphatic heterocycles. The van der Waals surface area contributed by atoms with Crippen molar-refractivity contribution in [2.24, 2.45) is 11.3 Å². The number of likely N-dealkylation sites (tertiary alicyclic amines) is 1. The molecule has 186 valence electrons. The summed E-state index contributed by atoms with van der Waals surface area (Å²) in [5.74, 6) is 1.08. The minimum atomic E-state index is -0.345. The van der Waals surface area contributed by atoms with Crippen LogP contribution in [0.2, 0.25) is 0 Å². The van der Waals surface area contributed by atoms with Crippen LogP contribution >= 0.6 is 0 Å². The van der Waals surface area contributed by atoms with Gasteiger partial charge in [-0.25, -0.2) is 4.79 Å². The number of ether oxygens (including phenoxy) is 1. The number of carbonyl (C=O) groups excluding carboxylic acids is 2. The molecule has 0 aromatic heterocycles. The van der Waals surface area contributed by atoms with E-state index in [1.165, 1.54) is 16.8 Å². The summed E-state index contributed by atoms with van der Waals surface area (Å²) in [6.45, 7) is 12.4. The van der Waals surface area contributed by atoms with E-state index >= 15 is 0 Å². The van der Waals surface area contributed by atoms with Crippen molar-refractivity contribution < 1.29 is 14.3 Å². The van der Waals surface area contributed by atoms with E-state index < -0.39 is 0 Å². The minimum Gasteiger partial charge on any atom is -0.445 e. The van der Waals surface area contributed by atoms with E-state index in [9.17, 15) is 9.59 Å². The Kier molecular flexibility index (Phi) is 6.24. The lowest BCUT2D eigenvalue weighted by Gasteiger charge is -2.39. The van der Waals surface area contributed by atoms with Gasteiger partial charge in [0.05, 0.1) is 6.04 Å². The number of nitrogens with zero attached hydrogens (tertiary/aromatic N) is 3. The molecule has 2 heterocycles. The molecule has 5 rings (SSSR count). The number of amides is 2. The maximum Gasteiger partial charge on any atom is 0.410 e. The first-order valence-electron chi connectivity index (χ1n) is 12.9. The Morgan fingerprint density at radius 3 is 2.34 bits per heavy atom. The van der Waals surface area contributed by atoms with Crippen molar-refractivity contribution >= 4 is 17.7 Å². The SMILES string of the molecule is C[C@H]1C2CCN(C(=O)OCc3ccccc3)C1c1cc(N3CCN(C(=O)C(C)(C)C)CC3)ccc12. The summed E-state index contributed by atoms with van der Waals surface area (Å²) in [7, 11) is 0. The molecule has 2 fully saturated rings. The number of anilines is 1. The van der Waals surface area contributed by atoms with Crippen molar-refractivity contribution in [3.8, 4) is 0 Å². The summed E-state index contributed by atoms with van der Waals surface area (Å²) < 4.78 is 5.73. The minimum absolute atomic E-state index is 0.0516. The van der Waals surface area contributed by atoms with Gasteiger partial charge in [0.15, 0.2) is 0 Å². The normalized spacial score (nSPS) is 23.8. The molecule has 1 aliphatic carbocycles. The van der Waals surface area contributed by atoms with Crippen LogP contribution in [-0.2, 0) is 16.1 Å². The molecule has 6 heteroatoms. The highest BCUT2D eigenvalue weighted by molar-refractivity contribution is 5.81. The number of hydrogen-bond donors (Lipinski definition) is 0. The van der Waals surface area contributed by atoms with Gasteiger partial charge in [0.2, 0.25) is 5.91 Å². The fraction of sp³-hybridized carbons (Fsp3) is 0.517. The van der Waals surface area contributed by atoms with Crippen molar-refractivity contribution in [1.82, 2.24) is 9.80 Å². The predicted octanol–water partition coefficient (Wildman–Crippen LogP) is 5.20. The second kappa shape index (κ2) is 9.21. The molecule has 2 aromatic carbocycles. The lowest BCUT2D eigenvalue weighted by atomic mass is 9.86. The first-order valence-corrected chi connectivity index (χ1v) is 12.9. The van der Waals surface area contributed by atoms with E-state index in [0.29, 0.717) is 18.4 Å². The average Bonchev–Trinajstić information content (AvgIpc) is 3.02. The molecular weight excluding hydrogens is 438 g/mol. The van der Waals surface area contributed by atoms with E-state index in [1.807, 2.05) is 60.9 Å². The highest BCUT2D eigenvalue weighted by Crippen LogP contribution is 2.53. The summed E-state index contributed by atoms with van der Waals surface area (Å²) >= 11 is 0. The smallest absolute Gasteiger partial charge is 0.410 e. The van der Waals surface area contributed by atoms with Gasteiger partial charge >= 0.3 is 6.09 Å². The molecule has 3 atom stereocenters. The number of hydrogen-bond acceptors (Lipinski definition) is 4. The van der Waals surface area contributed by atoms with Gasteiger partial charge in [-0.1, -0.05) is 64.1 Å². The molecule has 0 spiro atoms. The molecule has 2 bridgehead atoms. The molecule has 2 amide bonds. The third kappa shape index (κ3) is 4.51. The van der Waals surface area contributed by atoms with Crippen molar-refractivity contribution in [3.05, 3.63) is 65.2 Å². The second-order valence-electron chi connectivity index (χ2n) is 11.3. The molecule has 2 saturated heterocycles. The summed E-state index contributed by atoms with van der Waals surface area (Å²) in [4.78, 5) is 32.1. The van der Waals surface area contributed by atoms with Crippen LogP contribution in [0.25, 0.3) is 0 Å². The molecule has 0 N–H and O–H groups in total. The van der Waals surface area contributed by atoms with Crippen LogP contribution in [0, 0.1) is 11.3 Å². The van der Waals surface area contributed by atoms with Crippen LogP contribution in [0.5, 0.6) is 0 Å². The van der Waals surface area contributed by atoms with Crippen molar-refractivity contribution in [2.45, 2.75) is 52.7 Å². The zero-order valence-electron chi connectivity index (χ0n) is 21.4. The van der Waals surface area contributed by atoms with E-state index in [1.54, 1.807) is 0 Å². The van der Waals surface area contributed by atoms with Gasteiger partial charge in [0, 0.05) is 43.8 Å². The summed E-state index contributed by atoms with van der Waals surface area (Å²) in [5.41, 5.74) is 4.49. The molecule has 35 heavy (non-hydrogen) atoms. The van der Waals surface area contributed by atoms with E-state index in [2.05, 4.69) is 30.0 Å². The van der Waals surface area contributed by atoms with Crippen LogP contribution in [0.3, 0.4) is 0 Å². The standard InChI is InChI=1S/C29H37N3O3/c1-20-23-12-13-32(28(34)35-19-21-8-6-5-7-9-21)26(20)25-18-22(10-11-24(23)25)30-14-16-31(17-15-30)27(33)29(2,3)4/h5-11,18,20,23,26H,12-17,19H2,1-4H3/t20-,23?,26?/m0/s1. The number of rotatable bonds is 3. The van der Waals surface area contributed by atoms with E-state index in [0.717, 1.165) is 44.7 Å². The maximum atomic E-state index is 13.1. The molecule has 3 aliphatic rings. The monoisotopic (exact) mass is 475 g/mol. The molecule has 2 aromatic rings. The Labute approximate surface area is 208 Å². The lowest BCUT2D eigenvalue weighted by molar-refractivity contribution is -0.139. The van der Waals surface area contributed by atoms with Gasteiger partial charge in [-0.3, -0.25) is 4.79 Å². The molecular formula is C29H37N3O3. The van der Waals surface area contributed by atoms with Crippen LogP contribution in [0.15, 0.2) is 48.5 Å². The number of fused-ring (bicyclic) bond motifs is 5. The maximum absolute atomic E-state index is 13.1. The highest BCUT2D eigenvalue weighted by atomic mass is 16.6. The van der Waals surface area contributed by atoms with E-state index in [-0.39, 0.29) is 23.5 Å².